The Balaban J connectivity index is 2.93. The van der Waals surface area contributed by atoms with Crippen LogP contribution in [0.1, 0.15) is 23.0 Å². The summed E-state index contributed by atoms with van der Waals surface area (Å²) in [6.45, 7) is 1.45. The molecule has 1 N–H and O–H groups in total. The number of hydrogen-bond acceptors (Lipinski definition) is 7. The fraction of sp³-hybridized carbons (Fsp3) is 0.417. The largest absolute Gasteiger partial charge is 0.466 e. The maximum Gasteiger partial charge on any atom is 0.431 e. The number of nitrogens with one attached hydrogen (secondary N) is 1. The van der Waals surface area contributed by atoms with Crippen molar-refractivity contribution in [3.8, 4) is 0 Å². The van der Waals surface area contributed by atoms with E-state index in [-0.39, 0.29) is 17.2 Å². The first-order chi connectivity index (χ1) is 10.3. The number of carbonyl (C=O) groups excluding carboxylic acids is 2. The zero-order chi connectivity index (χ0) is 16.8. The van der Waals surface area contributed by atoms with E-state index in [1.165, 1.54) is 18.4 Å². The van der Waals surface area contributed by atoms with Gasteiger partial charge in [0.1, 0.15) is 4.88 Å². The highest BCUT2D eigenvalue weighted by atomic mass is 32.1. The maximum absolute atomic E-state index is 12.8. The minimum atomic E-state index is -4.80. The van der Waals surface area contributed by atoms with Gasteiger partial charge in [-0.15, -0.1) is 11.3 Å². The molecular formula is C12H13F3N2O4S. The third kappa shape index (κ3) is 5.02. The molecule has 0 atom stereocenters. The number of carbonyl (C=O) groups is 2. The summed E-state index contributed by atoms with van der Waals surface area (Å²) in [5, 5.41) is 4.67. The van der Waals surface area contributed by atoms with Crippen LogP contribution in [0.5, 0.6) is 0 Å². The summed E-state index contributed by atoms with van der Waals surface area (Å²) in [5.41, 5.74) is 0.836. The van der Waals surface area contributed by atoms with Crippen molar-refractivity contribution in [1.82, 2.24) is 0 Å². The van der Waals surface area contributed by atoms with E-state index in [1.54, 1.807) is 0 Å². The molecule has 22 heavy (non-hydrogen) atoms. The Kier molecular flexibility index (Phi) is 6.35. The van der Waals surface area contributed by atoms with Crippen LogP contribution in [0.4, 0.5) is 18.9 Å². The molecule has 1 rings (SSSR count). The Morgan fingerprint density at radius 2 is 2.09 bits per heavy atom. The Morgan fingerprint density at radius 1 is 1.41 bits per heavy atom. The molecule has 0 radical (unpaired) electrons. The van der Waals surface area contributed by atoms with Gasteiger partial charge in [-0.3, -0.25) is 10.2 Å². The molecule has 0 saturated carbocycles. The molecule has 0 aliphatic carbocycles. The highest BCUT2D eigenvalue weighted by molar-refractivity contribution is 7.12. The SMILES string of the molecule is CCOC(=O)CC(=NNc1ccsc1C(=O)OC)C(F)(F)F. The molecular weight excluding hydrogens is 325 g/mol. The standard InChI is InChI=1S/C12H13F3N2O4S/c1-3-21-9(18)6-8(12(13,14)15)17-16-7-4-5-22-10(7)11(19)20-2/h4-5,16H,3,6H2,1-2H3. The fourth-order valence-electron chi connectivity index (χ4n) is 1.33. The third-order valence-electron chi connectivity index (χ3n) is 2.29. The van der Waals surface area contributed by atoms with E-state index in [0.717, 1.165) is 18.4 Å². The predicted octanol–water partition coefficient (Wildman–Crippen LogP) is 2.82. The Hall–Kier alpha value is -2.10. The molecule has 6 nitrogen and oxygen atoms in total. The van der Waals surface area contributed by atoms with E-state index in [0.29, 0.717) is 0 Å². The van der Waals surface area contributed by atoms with Crippen molar-refractivity contribution in [1.29, 1.82) is 0 Å². The van der Waals surface area contributed by atoms with Crippen LogP contribution in [-0.4, -0.2) is 37.5 Å². The van der Waals surface area contributed by atoms with Crippen molar-refractivity contribution in [2.75, 3.05) is 19.1 Å². The number of halogens is 3. The Morgan fingerprint density at radius 3 is 2.64 bits per heavy atom. The number of thiophene rings is 1. The number of ether oxygens (including phenoxy) is 2. The van der Waals surface area contributed by atoms with Crippen molar-refractivity contribution >= 4 is 34.7 Å². The van der Waals surface area contributed by atoms with Crippen molar-refractivity contribution in [3.63, 3.8) is 0 Å². The average molecular weight is 338 g/mol. The van der Waals surface area contributed by atoms with Crippen LogP contribution in [0.15, 0.2) is 16.5 Å². The topological polar surface area (TPSA) is 77.0 Å². The van der Waals surface area contributed by atoms with Gasteiger partial charge in [-0.1, -0.05) is 0 Å². The lowest BCUT2D eigenvalue weighted by molar-refractivity contribution is -0.142. The first-order valence-electron chi connectivity index (χ1n) is 6.00. The number of rotatable bonds is 6. The molecule has 0 aliphatic rings. The van der Waals surface area contributed by atoms with Crippen LogP contribution in [0.25, 0.3) is 0 Å². The van der Waals surface area contributed by atoms with E-state index >= 15 is 0 Å². The van der Waals surface area contributed by atoms with Crippen molar-refractivity contribution in [2.24, 2.45) is 5.10 Å². The summed E-state index contributed by atoms with van der Waals surface area (Å²) in [4.78, 5) is 22.7. The summed E-state index contributed by atoms with van der Waals surface area (Å²) >= 11 is 0.984. The summed E-state index contributed by atoms with van der Waals surface area (Å²) in [5.74, 6) is -1.74. The van der Waals surface area contributed by atoms with Gasteiger partial charge >= 0.3 is 18.1 Å². The quantitative estimate of drug-likeness (QED) is 0.490. The number of hydrazone groups is 1. The van der Waals surface area contributed by atoms with E-state index in [2.05, 4.69) is 20.0 Å². The highest BCUT2D eigenvalue weighted by Crippen LogP contribution is 2.25. The minimum Gasteiger partial charge on any atom is -0.466 e. The molecule has 0 amide bonds. The highest BCUT2D eigenvalue weighted by Gasteiger charge is 2.37. The normalized spacial score (nSPS) is 12.0. The molecule has 1 heterocycles. The summed E-state index contributed by atoms with van der Waals surface area (Å²) < 4.78 is 47.4. The van der Waals surface area contributed by atoms with Crippen molar-refractivity contribution < 1.29 is 32.2 Å². The fourth-order valence-corrected chi connectivity index (χ4v) is 2.09. The Labute approximate surface area is 127 Å². The van der Waals surface area contributed by atoms with Gasteiger partial charge in [0.05, 0.1) is 25.8 Å². The van der Waals surface area contributed by atoms with Gasteiger partial charge in [-0.25, -0.2) is 4.79 Å². The van der Waals surface area contributed by atoms with Gasteiger partial charge in [0.15, 0.2) is 5.71 Å². The van der Waals surface area contributed by atoms with Gasteiger partial charge in [0, 0.05) is 0 Å². The lowest BCUT2D eigenvalue weighted by atomic mass is 10.2. The van der Waals surface area contributed by atoms with Gasteiger partial charge in [0.25, 0.3) is 0 Å². The maximum atomic E-state index is 12.8. The summed E-state index contributed by atoms with van der Waals surface area (Å²) in [6.07, 6.45) is -5.83. The number of methoxy groups -OCH3 is 1. The molecule has 0 fully saturated rings. The average Bonchev–Trinajstić information content (AvgIpc) is 2.90. The number of esters is 2. The van der Waals surface area contributed by atoms with E-state index < -0.39 is 30.2 Å². The summed E-state index contributed by atoms with van der Waals surface area (Å²) in [7, 11) is 1.15. The van der Waals surface area contributed by atoms with Crippen LogP contribution in [-0.2, 0) is 14.3 Å². The molecule has 1 aromatic heterocycles. The van der Waals surface area contributed by atoms with Crippen LogP contribution in [0, 0.1) is 0 Å². The van der Waals surface area contributed by atoms with Crippen LogP contribution < -0.4 is 5.43 Å². The van der Waals surface area contributed by atoms with E-state index in [4.69, 9.17) is 0 Å². The van der Waals surface area contributed by atoms with Crippen LogP contribution in [0.3, 0.4) is 0 Å². The number of alkyl halides is 3. The first kappa shape index (κ1) is 18.0. The van der Waals surface area contributed by atoms with Gasteiger partial charge in [0.2, 0.25) is 0 Å². The van der Waals surface area contributed by atoms with Crippen molar-refractivity contribution in [2.45, 2.75) is 19.5 Å². The second kappa shape index (κ2) is 7.78. The molecule has 0 bridgehead atoms. The molecule has 1 aromatic rings. The predicted molar refractivity (Wildman–Crippen MR) is 74.0 cm³/mol. The third-order valence-corrected chi connectivity index (χ3v) is 3.19. The van der Waals surface area contributed by atoms with Crippen LogP contribution >= 0.6 is 11.3 Å². The Bertz CT molecular complexity index is 569. The smallest absolute Gasteiger partial charge is 0.431 e. The van der Waals surface area contributed by atoms with Crippen molar-refractivity contribution in [3.05, 3.63) is 16.3 Å². The number of hydrogen-bond donors (Lipinski definition) is 1. The van der Waals surface area contributed by atoms with Gasteiger partial charge < -0.3 is 9.47 Å². The van der Waals surface area contributed by atoms with E-state index in [1.807, 2.05) is 0 Å². The lowest BCUT2D eigenvalue weighted by Crippen LogP contribution is -2.27. The molecule has 0 saturated heterocycles. The molecule has 0 aromatic carbocycles. The van der Waals surface area contributed by atoms with E-state index in [9.17, 15) is 22.8 Å². The number of nitrogens with zero attached hydrogens (tertiary/aromatic N) is 1. The van der Waals surface area contributed by atoms with Gasteiger partial charge in [-0.2, -0.15) is 18.3 Å². The monoisotopic (exact) mass is 338 g/mol. The second-order valence-electron chi connectivity index (χ2n) is 3.80. The molecule has 0 spiro atoms. The lowest BCUT2D eigenvalue weighted by Gasteiger charge is -2.10. The molecule has 10 heteroatoms. The second-order valence-corrected chi connectivity index (χ2v) is 4.72. The molecule has 0 aliphatic heterocycles. The molecule has 0 unspecified atom stereocenters. The zero-order valence-corrected chi connectivity index (χ0v) is 12.5. The zero-order valence-electron chi connectivity index (χ0n) is 11.7. The summed E-state index contributed by atoms with van der Waals surface area (Å²) in [6, 6.07) is 1.37. The minimum absolute atomic E-state index is 0.0333. The molecule has 122 valence electrons. The van der Waals surface area contributed by atoms with Crippen LogP contribution in [0.2, 0.25) is 0 Å². The first-order valence-corrected chi connectivity index (χ1v) is 6.88. The number of anilines is 1. The van der Waals surface area contributed by atoms with Gasteiger partial charge in [-0.05, 0) is 18.4 Å².